The molecule has 0 saturated heterocycles. The lowest BCUT2D eigenvalue weighted by Gasteiger charge is -2.14. The van der Waals surface area contributed by atoms with Crippen LogP contribution >= 0.6 is 0 Å². The molecule has 110 valence electrons. The minimum Gasteiger partial charge on any atom is -0.327 e. The molecule has 0 aliphatic carbocycles. The minimum absolute atomic E-state index is 0.777. The zero-order valence-corrected chi connectivity index (χ0v) is 13.0. The molecule has 1 aromatic carbocycles. The maximum atomic E-state index is 4.78. The van der Waals surface area contributed by atoms with Gasteiger partial charge < -0.3 is 9.88 Å². The number of rotatable bonds is 8. The molecule has 0 atom stereocenters. The molecule has 1 aromatic heterocycles. The third-order valence-electron chi connectivity index (χ3n) is 4.05. The Balaban J connectivity index is 2.10. The second-order valence-electron chi connectivity index (χ2n) is 5.48. The van der Waals surface area contributed by atoms with Gasteiger partial charge in [-0.1, -0.05) is 45.7 Å². The van der Waals surface area contributed by atoms with Crippen molar-refractivity contribution in [2.75, 3.05) is 6.54 Å². The van der Waals surface area contributed by atoms with Gasteiger partial charge in [0.2, 0.25) is 0 Å². The zero-order valence-electron chi connectivity index (χ0n) is 13.0. The SMILES string of the molecule is CCCn1c(CNCC(CC)CC)nc2ccccc21. The lowest BCUT2D eigenvalue weighted by atomic mass is 10.0. The van der Waals surface area contributed by atoms with Crippen LogP contribution in [0.15, 0.2) is 24.3 Å². The Hall–Kier alpha value is -1.35. The second-order valence-corrected chi connectivity index (χ2v) is 5.48. The fraction of sp³-hybridized carbons (Fsp3) is 0.588. The van der Waals surface area contributed by atoms with Crippen LogP contribution in [-0.2, 0) is 13.1 Å². The summed E-state index contributed by atoms with van der Waals surface area (Å²) in [7, 11) is 0. The molecule has 1 heterocycles. The molecule has 0 bridgehead atoms. The number of fused-ring (bicyclic) bond motifs is 1. The molecule has 0 unspecified atom stereocenters. The highest BCUT2D eigenvalue weighted by Gasteiger charge is 2.10. The summed E-state index contributed by atoms with van der Waals surface area (Å²) in [5.41, 5.74) is 2.37. The van der Waals surface area contributed by atoms with E-state index in [4.69, 9.17) is 4.98 Å². The van der Waals surface area contributed by atoms with Gasteiger partial charge in [-0.05, 0) is 31.0 Å². The van der Waals surface area contributed by atoms with Crippen LogP contribution in [0.4, 0.5) is 0 Å². The van der Waals surface area contributed by atoms with Crippen LogP contribution in [0.1, 0.15) is 45.9 Å². The molecule has 0 radical (unpaired) electrons. The molecule has 1 N–H and O–H groups in total. The first-order chi connectivity index (χ1) is 9.80. The highest BCUT2D eigenvalue weighted by atomic mass is 15.1. The summed E-state index contributed by atoms with van der Waals surface area (Å²) in [4.78, 5) is 4.78. The molecule has 0 amide bonds. The smallest absolute Gasteiger partial charge is 0.123 e. The van der Waals surface area contributed by atoms with Crippen molar-refractivity contribution >= 4 is 11.0 Å². The summed E-state index contributed by atoms with van der Waals surface area (Å²) in [6.07, 6.45) is 3.63. The summed E-state index contributed by atoms with van der Waals surface area (Å²) in [6, 6.07) is 8.43. The van der Waals surface area contributed by atoms with Crippen molar-refractivity contribution in [2.45, 2.75) is 53.1 Å². The van der Waals surface area contributed by atoms with Crippen LogP contribution in [0, 0.1) is 5.92 Å². The molecule has 0 saturated carbocycles. The van der Waals surface area contributed by atoms with E-state index < -0.39 is 0 Å². The first-order valence-electron chi connectivity index (χ1n) is 7.94. The van der Waals surface area contributed by atoms with Crippen molar-refractivity contribution in [2.24, 2.45) is 5.92 Å². The third-order valence-corrected chi connectivity index (χ3v) is 4.05. The predicted octanol–water partition coefficient (Wildman–Crippen LogP) is 3.97. The molecular formula is C17H27N3. The third kappa shape index (κ3) is 3.40. The Labute approximate surface area is 122 Å². The van der Waals surface area contributed by atoms with Crippen LogP contribution < -0.4 is 5.32 Å². The van der Waals surface area contributed by atoms with Gasteiger partial charge in [-0.15, -0.1) is 0 Å². The van der Waals surface area contributed by atoms with Crippen LogP contribution in [0.5, 0.6) is 0 Å². The average Bonchev–Trinajstić information content (AvgIpc) is 2.82. The Morgan fingerprint density at radius 1 is 1.15 bits per heavy atom. The van der Waals surface area contributed by atoms with Gasteiger partial charge in [0, 0.05) is 6.54 Å². The molecular weight excluding hydrogens is 246 g/mol. The van der Waals surface area contributed by atoms with E-state index >= 15 is 0 Å². The van der Waals surface area contributed by atoms with E-state index in [9.17, 15) is 0 Å². The van der Waals surface area contributed by atoms with Crippen LogP contribution in [0.2, 0.25) is 0 Å². The van der Waals surface area contributed by atoms with Gasteiger partial charge in [0.25, 0.3) is 0 Å². The molecule has 2 rings (SSSR count). The molecule has 20 heavy (non-hydrogen) atoms. The van der Waals surface area contributed by atoms with Gasteiger partial charge in [0.1, 0.15) is 5.82 Å². The van der Waals surface area contributed by atoms with Crippen LogP contribution in [0.25, 0.3) is 11.0 Å². The number of benzene rings is 1. The second kappa shape index (κ2) is 7.44. The summed E-state index contributed by atoms with van der Waals surface area (Å²) in [6.45, 7) is 9.75. The van der Waals surface area contributed by atoms with Crippen LogP contribution in [0.3, 0.4) is 0 Å². The Morgan fingerprint density at radius 3 is 2.60 bits per heavy atom. The van der Waals surface area contributed by atoms with E-state index in [1.54, 1.807) is 0 Å². The van der Waals surface area contributed by atoms with Crippen molar-refractivity contribution in [3.05, 3.63) is 30.1 Å². The number of imidazole rings is 1. The van der Waals surface area contributed by atoms with Gasteiger partial charge in [-0.3, -0.25) is 0 Å². The van der Waals surface area contributed by atoms with Crippen molar-refractivity contribution in [3.8, 4) is 0 Å². The zero-order chi connectivity index (χ0) is 14.4. The summed E-state index contributed by atoms with van der Waals surface area (Å²) < 4.78 is 2.36. The topological polar surface area (TPSA) is 29.9 Å². The summed E-state index contributed by atoms with van der Waals surface area (Å²) >= 11 is 0. The maximum absolute atomic E-state index is 4.78. The molecule has 0 aliphatic heterocycles. The fourth-order valence-corrected chi connectivity index (χ4v) is 2.70. The van der Waals surface area contributed by atoms with Gasteiger partial charge in [-0.25, -0.2) is 4.98 Å². The highest BCUT2D eigenvalue weighted by Crippen LogP contribution is 2.16. The van der Waals surface area contributed by atoms with Crippen LogP contribution in [-0.4, -0.2) is 16.1 Å². The van der Waals surface area contributed by atoms with Gasteiger partial charge in [0.15, 0.2) is 0 Å². The molecule has 2 aromatic rings. The normalized spacial score (nSPS) is 11.6. The lowest BCUT2D eigenvalue weighted by molar-refractivity contribution is 0.442. The number of nitrogens with zero attached hydrogens (tertiary/aromatic N) is 2. The van der Waals surface area contributed by atoms with E-state index in [0.717, 1.165) is 37.5 Å². The van der Waals surface area contributed by atoms with Crippen molar-refractivity contribution < 1.29 is 0 Å². The monoisotopic (exact) mass is 273 g/mol. The lowest BCUT2D eigenvalue weighted by Crippen LogP contribution is -2.23. The minimum atomic E-state index is 0.777. The number of aryl methyl sites for hydroxylation is 1. The molecule has 3 heteroatoms. The molecule has 0 spiro atoms. The first-order valence-corrected chi connectivity index (χ1v) is 7.94. The summed E-state index contributed by atoms with van der Waals surface area (Å²) in [5.74, 6) is 1.94. The van der Waals surface area contributed by atoms with Crippen molar-refractivity contribution in [3.63, 3.8) is 0 Å². The number of hydrogen-bond donors (Lipinski definition) is 1. The van der Waals surface area contributed by atoms with Gasteiger partial charge in [-0.2, -0.15) is 0 Å². The number of aromatic nitrogens is 2. The maximum Gasteiger partial charge on any atom is 0.123 e. The summed E-state index contributed by atoms with van der Waals surface area (Å²) in [5, 5.41) is 3.58. The number of para-hydroxylation sites is 2. The van der Waals surface area contributed by atoms with Crippen molar-refractivity contribution in [1.29, 1.82) is 0 Å². The first kappa shape index (κ1) is 15.0. The van der Waals surface area contributed by atoms with Gasteiger partial charge >= 0.3 is 0 Å². The Kier molecular flexibility index (Phi) is 5.60. The standard InChI is InChI=1S/C17H27N3/c1-4-11-20-16-10-8-7-9-15(16)19-17(20)13-18-12-14(5-2)6-3/h7-10,14,18H,4-6,11-13H2,1-3H3. The van der Waals surface area contributed by atoms with Crippen molar-refractivity contribution in [1.82, 2.24) is 14.9 Å². The fourth-order valence-electron chi connectivity index (χ4n) is 2.70. The molecule has 0 fully saturated rings. The highest BCUT2D eigenvalue weighted by molar-refractivity contribution is 5.75. The molecule has 0 aliphatic rings. The van der Waals surface area contributed by atoms with E-state index in [1.165, 1.54) is 24.2 Å². The Morgan fingerprint density at radius 2 is 1.90 bits per heavy atom. The predicted molar refractivity (Wildman–Crippen MR) is 85.8 cm³/mol. The number of nitrogens with one attached hydrogen (secondary N) is 1. The quantitative estimate of drug-likeness (QED) is 0.788. The Bertz CT molecular complexity index is 526. The average molecular weight is 273 g/mol. The van der Waals surface area contributed by atoms with E-state index in [1.807, 2.05) is 0 Å². The molecule has 3 nitrogen and oxygen atoms in total. The number of hydrogen-bond acceptors (Lipinski definition) is 2. The van der Waals surface area contributed by atoms with Gasteiger partial charge in [0.05, 0.1) is 17.6 Å². The van der Waals surface area contributed by atoms with E-state index in [0.29, 0.717) is 0 Å². The van der Waals surface area contributed by atoms with E-state index in [2.05, 4.69) is 54.9 Å². The van der Waals surface area contributed by atoms with E-state index in [-0.39, 0.29) is 0 Å². The largest absolute Gasteiger partial charge is 0.327 e.